The number of rotatable bonds is 27. The first kappa shape index (κ1) is 45.8. The van der Waals surface area contributed by atoms with E-state index in [9.17, 15) is 0 Å². The van der Waals surface area contributed by atoms with E-state index in [0.717, 1.165) is 30.7 Å². The van der Waals surface area contributed by atoms with Crippen LogP contribution in [-0.4, -0.2) is 103 Å². The molecule has 55 heavy (non-hydrogen) atoms. The Bertz CT molecular complexity index is 1610. The first-order valence-electron chi connectivity index (χ1n) is 20.4. The van der Waals surface area contributed by atoms with Crippen LogP contribution in [-0.2, 0) is 6.54 Å². The molecule has 8 heteroatoms. The molecule has 1 unspecified atom stereocenters. The van der Waals surface area contributed by atoms with Crippen molar-refractivity contribution in [3.8, 4) is 0 Å². The molecule has 0 saturated heterocycles. The smallest absolute Gasteiger partial charge is 0.205 e. The van der Waals surface area contributed by atoms with E-state index in [1.807, 2.05) is 24.4 Å². The van der Waals surface area contributed by atoms with Gasteiger partial charge in [0.1, 0.15) is 13.1 Å². The van der Waals surface area contributed by atoms with Crippen molar-refractivity contribution < 1.29 is 18.9 Å². The number of allylic oxidation sites excluding steroid dienone is 5. The number of quaternary nitrogens is 2. The Morgan fingerprint density at radius 3 is 1.93 bits per heavy atom. The minimum absolute atomic E-state index is 0.947. The lowest BCUT2D eigenvalue weighted by molar-refractivity contribution is -0.890. The van der Waals surface area contributed by atoms with Crippen molar-refractivity contribution in [1.82, 2.24) is 0 Å². The number of hydrogen-bond donors (Lipinski definition) is 2. The van der Waals surface area contributed by atoms with Gasteiger partial charge in [-0.15, -0.1) is 0 Å². The molecular weight excluding hydrogens is 713 g/mol. The molecule has 1 atom stereocenters. The van der Waals surface area contributed by atoms with Gasteiger partial charge in [0.2, 0.25) is 5.69 Å². The summed E-state index contributed by atoms with van der Waals surface area (Å²) in [4.78, 5) is 9.57. The Kier molecular flexibility index (Phi) is 22.6. The highest BCUT2D eigenvalue weighted by atomic mass is 33.1. The number of aryl methyl sites for hydroxylation is 1. The molecule has 0 aliphatic carbocycles. The second-order valence-corrected chi connectivity index (χ2v) is 17.7. The molecule has 0 radical (unpaired) electrons. The van der Waals surface area contributed by atoms with Crippen LogP contribution >= 0.6 is 21.6 Å². The Morgan fingerprint density at radius 1 is 0.673 bits per heavy atom. The van der Waals surface area contributed by atoms with Crippen molar-refractivity contribution in [1.29, 1.82) is 0 Å². The summed E-state index contributed by atoms with van der Waals surface area (Å²) in [6, 6.07) is 24.2. The molecule has 298 valence electrons. The zero-order valence-corrected chi connectivity index (χ0v) is 36.8. The first-order valence-corrected chi connectivity index (χ1v) is 22.9. The zero-order chi connectivity index (χ0) is 39.6. The fourth-order valence-corrected chi connectivity index (χ4v) is 8.50. The summed E-state index contributed by atoms with van der Waals surface area (Å²) in [5.74, 6) is 2.49. The lowest BCUT2D eigenvalue weighted by atomic mass is 10.1. The summed E-state index contributed by atoms with van der Waals surface area (Å²) in [6.07, 6.45) is 25.9. The van der Waals surface area contributed by atoms with E-state index in [1.54, 1.807) is 4.90 Å². The van der Waals surface area contributed by atoms with Gasteiger partial charge in [0.05, 0.1) is 47.3 Å². The monoisotopic (exact) mass is 785 g/mol. The Balaban J connectivity index is 1.19. The maximum absolute atomic E-state index is 3.16. The van der Waals surface area contributed by atoms with Crippen LogP contribution in [0.5, 0.6) is 0 Å². The van der Waals surface area contributed by atoms with Gasteiger partial charge in [-0.05, 0) is 61.4 Å². The number of hydrogen-bond acceptors (Lipinski definition) is 4. The number of nitrogens with one attached hydrogen (secondary N) is 2. The van der Waals surface area contributed by atoms with Gasteiger partial charge in [0, 0.05) is 100 Å². The molecule has 0 aliphatic heterocycles. The lowest BCUT2D eigenvalue weighted by Gasteiger charge is -2.31. The van der Waals surface area contributed by atoms with E-state index < -0.39 is 0 Å². The average Bonchev–Trinajstić information content (AvgIpc) is 3.19. The van der Waals surface area contributed by atoms with Gasteiger partial charge in [-0.1, -0.05) is 76.2 Å². The van der Waals surface area contributed by atoms with Crippen LogP contribution < -0.4 is 24.3 Å². The molecule has 1 aromatic heterocycles. The lowest BCUT2D eigenvalue weighted by Crippen LogP contribution is -3.09. The van der Waals surface area contributed by atoms with Crippen molar-refractivity contribution >= 4 is 57.4 Å². The highest BCUT2D eigenvalue weighted by Gasteiger charge is 2.15. The van der Waals surface area contributed by atoms with Crippen LogP contribution in [0.4, 0.5) is 11.4 Å². The molecule has 0 spiro atoms. The van der Waals surface area contributed by atoms with E-state index in [4.69, 9.17) is 0 Å². The number of nitrogens with zero attached hydrogens (tertiary/aromatic N) is 4. The molecule has 0 saturated carbocycles. The fourth-order valence-electron chi connectivity index (χ4n) is 6.34. The zero-order valence-electron chi connectivity index (χ0n) is 35.1. The Labute approximate surface area is 343 Å². The van der Waals surface area contributed by atoms with Crippen LogP contribution in [0.3, 0.4) is 0 Å². The molecule has 3 aromatic rings. The molecule has 0 aliphatic rings. The minimum atomic E-state index is 0.947. The molecule has 6 nitrogen and oxygen atoms in total. The van der Waals surface area contributed by atoms with Gasteiger partial charge in [-0.3, -0.25) is 0 Å². The summed E-state index contributed by atoms with van der Waals surface area (Å²) in [6.45, 7) is 13.3. The number of benzene rings is 2. The van der Waals surface area contributed by atoms with E-state index >= 15 is 0 Å². The molecule has 3 rings (SSSR count). The fraction of sp³-hybridized carbons (Fsp3) is 0.447. The van der Waals surface area contributed by atoms with Gasteiger partial charge in [0.25, 0.3) is 0 Å². The largest absolute Gasteiger partial charge is 0.374 e. The third kappa shape index (κ3) is 19.7. The van der Waals surface area contributed by atoms with Gasteiger partial charge >= 0.3 is 0 Å². The Morgan fingerprint density at radius 2 is 1.25 bits per heavy atom. The van der Waals surface area contributed by atoms with Crippen molar-refractivity contribution in [2.24, 2.45) is 0 Å². The molecule has 1 heterocycles. The molecule has 2 N–H and O–H groups in total. The predicted octanol–water partition coefficient (Wildman–Crippen LogP) is 6.57. The van der Waals surface area contributed by atoms with E-state index in [2.05, 4.69) is 193 Å². The van der Waals surface area contributed by atoms with Crippen molar-refractivity contribution in [3.05, 3.63) is 120 Å². The quantitative estimate of drug-likeness (QED) is 0.0229. The summed E-state index contributed by atoms with van der Waals surface area (Å²) in [5.41, 5.74) is 6.25. The number of anilines is 2. The molecule has 2 aromatic carbocycles. The molecule has 0 amide bonds. The van der Waals surface area contributed by atoms with Crippen LogP contribution in [0.15, 0.2) is 103 Å². The topological polar surface area (TPSA) is 28.8 Å². The van der Waals surface area contributed by atoms with Crippen molar-refractivity contribution in [2.45, 2.75) is 46.1 Å². The van der Waals surface area contributed by atoms with Crippen LogP contribution in [0, 0.1) is 0 Å². The number of aromatic nitrogens is 1. The summed E-state index contributed by atoms with van der Waals surface area (Å²) in [7, 11) is 15.7. The average molecular weight is 785 g/mol. The highest BCUT2D eigenvalue weighted by molar-refractivity contribution is 8.76. The van der Waals surface area contributed by atoms with Crippen LogP contribution in [0.25, 0.3) is 18.2 Å². The van der Waals surface area contributed by atoms with Gasteiger partial charge < -0.3 is 19.2 Å². The maximum Gasteiger partial charge on any atom is 0.205 e. The normalized spacial score (nSPS) is 13.0. The predicted molar refractivity (Wildman–Crippen MR) is 247 cm³/mol. The summed E-state index contributed by atoms with van der Waals surface area (Å²) < 4.78 is 3.35. The van der Waals surface area contributed by atoms with Gasteiger partial charge in [0.15, 0.2) is 12.4 Å². The molecule has 0 bridgehead atoms. The van der Waals surface area contributed by atoms with E-state index in [0.29, 0.717) is 0 Å². The highest BCUT2D eigenvalue weighted by Crippen LogP contribution is 2.23. The summed E-state index contributed by atoms with van der Waals surface area (Å²) >= 11 is 0. The van der Waals surface area contributed by atoms with Crippen LogP contribution in [0.1, 0.15) is 56.4 Å². The van der Waals surface area contributed by atoms with E-state index in [-0.39, 0.29) is 0 Å². The van der Waals surface area contributed by atoms with Gasteiger partial charge in [-0.2, -0.15) is 4.57 Å². The van der Waals surface area contributed by atoms with Crippen molar-refractivity contribution in [3.63, 3.8) is 0 Å². The maximum atomic E-state index is 3.16. The second kappa shape index (κ2) is 27.1. The summed E-state index contributed by atoms with van der Waals surface area (Å²) in [5, 5.41) is 0. The second-order valence-electron chi connectivity index (χ2n) is 15.0. The minimum Gasteiger partial charge on any atom is -0.374 e. The standard InChI is InChI=1S/C47H70N6S2/c1-8-48-33-15-12-10-11-13-21-43-23-28-45(29-24-43)50(4)36-17-34-49(3)35-19-41-54-55-42-20-40-53(6,7)39-18-37-51(5)46-30-25-44(26-31-46)27-32-47-22-14-16-38-52(47)9-2/h10-16,21-33,38H,8-9,17-20,34-37,39-42H2,1-7H3/q+2/p+2/b11-10+,15-12-,21-13+,48-33?. The van der Waals surface area contributed by atoms with E-state index in [1.165, 1.54) is 91.6 Å². The number of pyridine rings is 1. The third-order valence-electron chi connectivity index (χ3n) is 9.84. The molecule has 0 fully saturated rings. The SMILES string of the molecule is CC[NH+]=C\C=C/C=C/C=C/c1ccc(N(C)CCC[NH+](C)CCCSSCCC[N+](C)(C)CCCN(C)c2ccc(/C=C/c3cccc[n+]3CC)cc2)cc1. The van der Waals surface area contributed by atoms with Gasteiger partial charge in [-0.25, -0.2) is 4.99 Å². The first-order chi connectivity index (χ1) is 26.7. The third-order valence-corrected chi connectivity index (χ3v) is 12.4. The van der Waals surface area contributed by atoms with Crippen LogP contribution in [0.2, 0.25) is 0 Å². The molecular formula is C47H72N6S2+4. The Hall–Kier alpha value is -3.56. The van der Waals surface area contributed by atoms with Crippen molar-refractivity contribution in [2.75, 3.05) is 102 Å².